The molecule has 0 spiro atoms. The predicted octanol–water partition coefficient (Wildman–Crippen LogP) is 3.06. The fourth-order valence-electron chi connectivity index (χ4n) is 3.49. The van der Waals surface area contributed by atoms with E-state index in [0.717, 1.165) is 31.6 Å². The smallest absolute Gasteiger partial charge is 0.406 e. The lowest BCUT2D eigenvalue weighted by Crippen LogP contribution is -2.28. The van der Waals surface area contributed by atoms with Crippen LogP contribution in [0.25, 0.3) is 16.8 Å². The standard InChI is InChI=1S/C18H17F3N4O2/c19-18(20,21)27-13-3-1-2-12(8-13)14-10-23-25-15(9-16(26)24-17(14)25)11-4-6-22-7-5-11/h1-3,8-11,22H,4-7H2,(H,24,26). The number of hydrogen-bond donors (Lipinski definition) is 2. The summed E-state index contributed by atoms with van der Waals surface area (Å²) in [5.74, 6) is -0.125. The van der Waals surface area contributed by atoms with Gasteiger partial charge in [-0.1, -0.05) is 12.1 Å². The van der Waals surface area contributed by atoms with E-state index in [0.29, 0.717) is 16.8 Å². The highest BCUT2D eigenvalue weighted by Gasteiger charge is 2.31. The molecule has 6 nitrogen and oxygen atoms in total. The number of rotatable bonds is 3. The summed E-state index contributed by atoms with van der Waals surface area (Å²) in [5, 5.41) is 7.66. The number of hydrogen-bond acceptors (Lipinski definition) is 4. The fourth-order valence-corrected chi connectivity index (χ4v) is 3.49. The van der Waals surface area contributed by atoms with Crippen LogP contribution in [0.5, 0.6) is 5.75 Å². The van der Waals surface area contributed by atoms with Crippen molar-refractivity contribution >= 4 is 5.65 Å². The van der Waals surface area contributed by atoms with Crippen molar-refractivity contribution in [1.82, 2.24) is 19.9 Å². The molecule has 1 saturated heterocycles. The molecule has 1 aliphatic rings. The van der Waals surface area contributed by atoms with E-state index in [1.807, 2.05) is 0 Å². The van der Waals surface area contributed by atoms with Crippen molar-refractivity contribution in [2.24, 2.45) is 0 Å². The molecule has 2 aromatic heterocycles. The van der Waals surface area contributed by atoms with Crippen molar-refractivity contribution in [3.8, 4) is 16.9 Å². The van der Waals surface area contributed by atoms with Gasteiger partial charge in [-0.05, 0) is 43.6 Å². The third-order valence-corrected chi connectivity index (χ3v) is 4.67. The molecule has 1 fully saturated rings. The highest BCUT2D eigenvalue weighted by molar-refractivity contribution is 5.77. The van der Waals surface area contributed by atoms with Crippen LogP contribution in [-0.4, -0.2) is 34.0 Å². The van der Waals surface area contributed by atoms with Crippen LogP contribution >= 0.6 is 0 Å². The first-order valence-electron chi connectivity index (χ1n) is 8.58. The van der Waals surface area contributed by atoms with Crippen LogP contribution in [0.3, 0.4) is 0 Å². The summed E-state index contributed by atoms with van der Waals surface area (Å²) >= 11 is 0. The second-order valence-corrected chi connectivity index (χ2v) is 6.48. The number of halogens is 3. The molecule has 27 heavy (non-hydrogen) atoms. The van der Waals surface area contributed by atoms with E-state index in [9.17, 15) is 18.0 Å². The van der Waals surface area contributed by atoms with Crippen molar-refractivity contribution in [1.29, 1.82) is 0 Å². The third-order valence-electron chi connectivity index (χ3n) is 4.67. The number of aromatic amines is 1. The molecule has 0 atom stereocenters. The molecule has 0 radical (unpaired) electrons. The van der Waals surface area contributed by atoms with Crippen LogP contribution in [0.2, 0.25) is 0 Å². The van der Waals surface area contributed by atoms with Gasteiger partial charge in [0.25, 0.3) is 5.56 Å². The van der Waals surface area contributed by atoms with Crippen LogP contribution in [0.4, 0.5) is 13.2 Å². The number of nitrogens with one attached hydrogen (secondary N) is 2. The molecule has 3 heterocycles. The molecule has 0 amide bonds. The maximum absolute atomic E-state index is 12.5. The zero-order chi connectivity index (χ0) is 19.0. The van der Waals surface area contributed by atoms with Crippen LogP contribution in [0.1, 0.15) is 24.5 Å². The number of piperidine rings is 1. The van der Waals surface area contributed by atoms with Gasteiger partial charge >= 0.3 is 6.36 Å². The van der Waals surface area contributed by atoms with Gasteiger partial charge in [-0.3, -0.25) is 4.79 Å². The molecule has 9 heteroatoms. The Morgan fingerprint density at radius 1 is 1.19 bits per heavy atom. The van der Waals surface area contributed by atoms with Crippen LogP contribution in [0, 0.1) is 0 Å². The van der Waals surface area contributed by atoms with E-state index in [1.54, 1.807) is 22.8 Å². The Hall–Kier alpha value is -2.81. The average Bonchev–Trinajstić information content (AvgIpc) is 3.04. The van der Waals surface area contributed by atoms with Crippen LogP contribution in [-0.2, 0) is 0 Å². The fraction of sp³-hybridized carbons (Fsp3) is 0.333. The minimum Gasteiger partial charge on any atom is -0.406 e. The van der Waals surface area contributed by atoms with Crippen molar-refractivity contribution in [2.75, 3.05) is 13.1 Å². The Kier molecular flexibility index (Phi) is 4.39. The van der Waals surface area contributed by atoms with E-state index in [2.05, 4.69) is 20.1 Å². The second kappa shape index (κ2) is 6.73. The minimum atomic E-state index is -4.77. The van der Waals surface area contributed by atoms with Gasteiger partial charge in [0.1, 0.15) is 11.4 Å². The summed E-state index contributed by atoms with van der Waals surface area (Å²) < 4.78 is 43.1. The number of ether oxygens (including phenoxy) is 1. The molecule has 1 aliphatic heterocycles. The summed E-state index contributed by atoms with van der Waals surface area (Å²) in [5.41, 5.74) is 2.02. The lowest BCUT2D eigenvalue weighted by atomic mass is 9.94. The van der Waals surface area contributed by atoms with Gasteiger partial charge in [-0.2, -0.15) is 5.10 Å². The Morgan fingerprint density at radius 2 is 1.96 bits per heavy atom. The first kappa shape index (κ1) is 17.6. The molecule has 0 saturated carbocycles. The normalized spacial score (nSPS) is 16.0. The van der Waals surface area contributed by atoms with E-state index in [-0.39, 0.29) is 17.2 Å². The van der Waals surface area contributed by atoms with Gasteiger partial charge in [0.15, 0.2) is 0 Å². The maximum atomic E-state index is 12.5. The molecule has 4 rings (SSSR count). The highest BCUT2D eigenvalue weighted by Crippen LogP contribution is 2.31. The quantitative estimate of drug-likeness (QED) is 0.735. The summed E-state index contributed by atoms with van der Waals surface area (Å²) in [7, 11) is 0. The Balaban J connectivity index is 1.79. The summed E-state index contributed by atoms with van der Waals surface area (Å²) in [6, 6.07) is 7.17. The predicted molar refractivity (Wildman–Crippen MR) is 92.8 cm³/mol. The largest absolute Gasteiger partial charge is 0.573 e. The number of nitrogens with zero attached hydrogens (tertiary/aromatic N) is 2. The molecular formula is C18H17F3N4O2. The van der Waals surface area contributed by atoms with Crippen molar-refractivity contribution in [3.05, 3.63) is 52.6 Å². The van der Waals surface area contributed by atoms with Gasteiger partial charge in [0, 0.05) is 17.5 Å². The molecular weight excluding hydrogens is 361 g/mol. The van der Waals surface area contributed by atoms with Gasteiger partial charge in [0.2, 0.25) is 0 Å². The number of aromatic nitrogens is 3. The van der Waals surface area contributed by atoms with Crippen molar-refractivity contribution < 1.29 is 17.9 Å². The molecule has 0 unspecified atom stereocenters. The zero-order valence-corrected chi connectivity index (χ0v) is 14.2. The topological polar surface area (TPSA) is 71.4 Å². The minimum absolute atomic E-state index is 0.198. The van der Waals surface area contributed by atoms with E-state index >= 15 is 0 Å². The number of alkyl halides is 3. The Morgan fingerprint density at radius 3 is 2.70 bits per heavy atom. The zero-order valence-electron chi connectivity index (χ0n) is 14.2. The van der Waals surface area contributed by atoms with E-state index < -0.39 is 6.36 Å². The number of fused-ring (bicyclic) bond motifs is 1. The first-order valence-corrected chi connectivity index (χ1v) is 8.58. The van der Waals surface area contributed by atoms with Crippen molar-refractivity contribution in [3.63, 3.8) is 0 Å². The lowest BCUT2D eigenvalue weighted by Gasteiger charge is -2.23. The highest BCUT2D eigenvalue weighted by atomic mass is 19.4. The second-order valence-electron chi connectivity index (χ2n) is 6.48. The molecule has 2 N–H and O–H groups in total. The molecule has 142 valence electrons. The van der Waals surface area contributed by atoms with E-state index in [1.165, 1.54) is 18.2 Å². The molecule has 1 aromatic carbocycles. The maximum Gasteiger partial charge on any atom is 0.573 e. The molecule has 0 aliphatic carbocycles. The summed E-state index contributed by atoms with van der Waals surface area (Å²) in [4.78, 5) is 14.9. The number of H-pyrrole nitrogens is 1. The third kappa shape index (κ3) is 3.68. The van der Waals surface area contributed by atoms with Gasteiger partial charge in [-0.15, -0.1) is 13.2 Å². The number of benzene rings is 1. The lowest BCUT2D eigenvalue weighted by molar-refractivity contribution is -0.274. The van der Waals surface area contributed by atoms with Gasteiger partial charge < -0.3 is 15.0 Å². The monoisotopic (exact) mass is 378 g/mol. The summed E-state index contributed by atoms with van der Waals surface area (Å²) in [6.07, 6.45) is -1.44. The van der Waals surface area contributed by atoms with Crippen molar-refractivity contribution in [2.45, 2.75) is 25.1 Å². The van der Waals surface area contributed by atoms with Crippen LogP contribution < -0.4 is 15.6 Å². The SMILES string of the molecule is O=c1cc(C2CCNCC2)n2ncc(-c3cccc(OC(F)(F)F)c3)c2[nH]1. The van der Waals surface area contributed by atoms with Crippen LogP contribution in [0.15, 0.2) is 41.3 Å². The molecule has 3 aromatic rings. The van der Waals surface area contributed by atoms with Gasteiger partial charge in [-0.25, -0.2) is 4.52 Å². The Bertz CT molecular complexity index is 1020. The first-order chi connectivity index (χ1) is 12.9. The van der Waals surface area contributed by atoms with Gasteiger partial charge in [0.05, 0.1) is 11.9 Å². The molecule has 0 bridgehead atoms. The summed E-state index contributed by atoms with van der Waals surface area (Å²) in [6.45, 7) is 1.73. The Labute approximate surface area is 152 Å². The average molecular weight is 378 g/mol. The van der Waals surface area contributed by atoms with E-state index in [4.69, 9.17) is 0 Å².